The second kappa shape index (κ2) is 72.6. The van der Waals surface area contributed by atoms with Crippen LogP contribution in [0.25, 0.3) is 0 Å². The number of carbonyl (C=O) groups excluding carboxylic acids is 4. The van der Waals surface area contributed by atoms with Crippen molar-refractivity contribution in [2.75, 3.05) is 39.6 Å². The summed E-state index contributed by atoms with van der Waals surface area (Å²) in [5.41, 5.74) is 0. The number of unbranched alkanes of at least 4 members (excludes halogenated alkanes) is 49. The predicted molar refractivity (Wildman–Crippen MR) is 409 cm³/mol. The molecule has 6 atom stereocenters. The van der Waals surface area contributed by atoms with E-state index in [0.29, 0.717) is 25.7 Å². The molecular formula is C81H158O17P2. The topological polar surface area (TPSA) is 237 Å². The molecule has 0 aromatic rings. The smallest absolute Gasteiger partial charge is 0.462 e. The van der Waals surface area contributed by atoms with Crippen molar-refractivity contribution in [1.82, 2.24) is 0 Å². The number of hydrogen-bond acceptors (Lipinski definition) is 15. The first-order chi connectivity index (χ1) is 48.4. The average molecular weight is 1470 g/mol. The minimum absolute atomic E-state index is 0.105. The fourth-order valence-electron chi connectivity index (χ4n) is 12.5. The summed E-state index contributed by atoms with van der Waals surface area (Å²) < 4.78 is 68.7. The van der Waals surface area contributed by atoms with E-state index in [1.165, 1.54) is 238 Å². The Morgan fingerprint density at radius 1 is 0.290 bits per heavy atom. The zero-order valence-electron chi connectivity index (χ0n) is 65.5. The normalized spacial score (nSPS) is 14.2. The molecule has 3 N–H and O–H groups in total. The Kier molecular flexibility index (Phi) is 71.2. The van der Waals surface area contributed by atoms with Crippen molar-refractivity contribution in [3.8, 4) is 0 Å². The number of phosphoric ester groups is 2. The van der Waals surface area contributed by atoms with Crippen LogP contribution in [-0.4, -0.2) is 96.7 Å². The molecule has 0 heterocycles. The quantitative estimate of drug-likeness (QED) is 0.0222. The lowest BCUT2D eigenvalue weighted by atomic mass is 10.00. The Labute approximate surface area is 613 Å². The maximum atomic E-state index is 13.1. The fourth-order valence-corrected chi connectivity index (χ4v) is 14.1. The molecule has 100 heavy (non-hydrogen) atoms. The van der Waals surface area contributed by atoms with E-state index in [1.807, 2.05) is 0 Å². The summed E-state index contributed by atoms with van der Waals surface area (Å²) in [5, 5.41) is 10.6. The lowest BCUT2D eigenvalue weighted by Crippen LogP contribution is -2.30. The second-order valence-corrected chi connectivity index (χ2v) is 32.8. The molecule has 0 aliphatic heterocycles. The van der Waals surface area contributed by atoms with Crippen LogP contribution >= 0.6 is 15.6 Å². The zero-order valence-corrected chi connectivity index (χ0v) is 67.3. The Bertz CT molecular complexity index is 1930. The summed E-state index contributed by atoms with van der Waals surface area (Å²) >= 11 is 0. The van der Waals surface area contributed by atoms with E-state index in [-0.39, 0.29) is 25.7 Å². The van der Waals surface area contributed by atoms with Gasteiger partial charge in [0.1, 0.15) is 19.3 Å². The number of rotatable bonds is 80. The third-order valence-corrected chi connectivity index (χ3v) is 21.2. The number of phosphoric acid groups is 2. The standard InChI is InChI=1S/C81H158O17P2/c1-7-10-12-14-16-18-20-22-24-26-28-29-31-33-35-37-41-45-53-59-65-80(85)97-76(69-91-78(83)63-57-51-44-40-36-34-32-30-27-25-23-21-19-17-15-13-11-8-2)71-95-99(87,88)93-67-75(82)68-94-100(89,90)96-72-77(70-92-79(84)64-58-52-48-47-50-56-62-74(6)9-3)98-81(86)66-60-54-46-42-38-39-43-49-55-61-73(4)5/h73-77,82H,7-72H2,1-6H3,(H,87,88)(H,89,90)/t74?,75-,76-,77-/m1/s1. The van der Waals surface area contributed by atoms with Gasteiger partial charge >= 0.3 is 39.5 Å². The predicted octanol–water partition coefficient (Wildman–Crippen LogP) is 24.3. The van der Waals surface area contributed by atoms with Crippen LogP contribution < -0.4 is 0 Å². The van der Waals surface area contributed by atoms with Gasteiger partial charge in [-0.15, -0.1) is 0 Å². The Morgan fingerprint density at radius 3 is 0.760 bits per heavy atom. The first-order valence-electron chi connectivity index (χ1n) is 42.0. The molecule has 19 heteroatoms. The number of esters is 4. The number of aliphatic hydroxyl groups excluding tert-OH is 1. The number of aliphatic hydroxyl groups is 1. The van der Waals surface area contributed by atoms with E-state index in [4.69, 9.17) is 37.0 Å². The van der Waals surface area contributed by atoms with Crippen LogP contribution in [0.3, 0.4) is 0 Å². The Morgan fingerprint density at radius 2 is 0.510 bits per heavy atom. The lowest BCUT2D eigenvalue weighted by molar-refractivity contribution is -0.161. The van der Waals surface area contributed by atoms with E-state index < -0.39 is 97.5 Å². The molecular weight excluding hydrogens is 1310 g/mol. The van der Waals surface area contributed by atoms with Crippen molar-refractivity contribution < 1.29 is 80.2 Å². The molecule has 0 aliphatic carbocycles. The van der Waals surface area contributed by atoms with Crippen molar-refractivity contribution in [2.24, 2.45) is 11.8 Å². The zero-order chi connectivity index (χ0) is 73.5. The van der Waals surface area contributed by atoms with Gasteiger partial charge in [-0.05, 0) is 37.5 Å². The summed E-state index contributed by atoms with van der Waals surface area (Å²) in [4.78, 5) is 73.0. The van der Waals surface area contributed by atoms with Gasteiger partial charge in [0, 0.05) is 25.7 Å². The largest absolute Gasteiger partial charge is 0.472 e. The number of hydrogen-bond donors (Lipinski definition) is 3. The Hall–Kier alpha value is -1.94. The maximum absolute atomic E-state index is 13.1. The molecule has 17 nitrogen and oxygen atoms in total. The molecule has 0 aromatic heterocycles. The summed E-state index contributed by atoms with van der Waals surface area (Å²) in [7, 11) is -9.92. The summed E-state index contributed by atoms with van der Waals surface area (Å²) in [6.45, 7) is 9.56. The fraction of sp³-hybridized carbons (Fsp3) is 0.951. The van der Waals surface area contributed by atoms with Crippen LogP contribution in [0.5, 0.6) is 0 Å². The van der Waals surface area contributed by atoms with Gasteiger partial charge in [0.2, 0.25) is 0 Å². The first-order valence-corrected chi connectivity index (χ1v) is 45.0. The third-order valence-electron chi connectivity index (χ3n) is 19.3. The molecule has 0 saturated carbocycles. The highest BCUT2D eigenvalue weighted by Crippen LogP contribution is 2.45. The molecule has 0 fully saturated rings. The van der Waals surface area contributed by atoms with E-state index in [2.05, 4.69) is 41.5 Å². The summed E-state index contributed by atoms with van der Waals surface area (Å²) in [6, 6.07) is 0. The van der Waals surface area contributed by atoms with Gasteiger partial charge in [0.15, 0.2) is 12.2 Å². The monoisotopic (exact) mass is 1470 g/mol. The van der Waals surface area contributed by atoms with Crippen LogP contribution in [0.1, 0.15) is 427 Å². The SMILES string of the molecule is CCCCCCCCCCCCCCCCCCCCCCC(=O)O[C@H](COC(=O)CCCCCCCCCCCCCCCCCCCC)COP(=O)(O)OC[C@@H](O)COP(=O)(O)OC[C@@H](COC(=O)CCCCCCCCC(C)CC)OC(=O)CCCCCCCCCCCC(C)C. The maximum Gasteiger partial charge on any atom is 0.472 e. The van der Waals surface area contributed by atoms with Gasteiger partial charge in [-0.3, -0.25) is 37.3 Å². The highest BCUT2D eigenvalue weighted by molar-refractivity contribution is 7.47. The number of carbonyl (C=O) groups is 4. The van der Waals surface area contributed by atoms with E-state index >= 15 is 0 Å². The molecule has 0 aliphatic rings. The van der Waals surface area contributed by atoms with Crippen LogP contribution in [-0.2, 0) is 65.4 Å². The van der Waals surface area contributed by atoms with E-state index in [0.717, 1.165) is 108 Å². The van der Waals surface area contributed by atoms with Gasteiger partial charge in [0.05, 0.1) is 26.4 Å². The van der Waals surface area contributed by atoms with Gasteiger partial charge in [-0.2, -0.15) is 0 Å². The van der Waals surface area contributed by atoms with Crippen LogP contribution in [0.2, 0.25) is 0 Å². The molecule has 0 radical (unpaired) electrons. The van der Waals surface area contributed by atoms with Crippen molar-refractivity contribution in [3.63, 3.8) is 0 Å². The van der Waals surface area contributed by atoms with Crippen molar-refractivity contribution >= 4 is 39.5 Å². The molecule has 0 aromatic carbocycles. The van der Waals surface area contributed by atoms with E-state index in [9.17, 15) is 43.2 Å². The van der Waals surface area contributed by atoms with Crippen LogP contribution in [0.4, 0.5) is 0 Å². The molecule has 0 saturated heterocycles. The molecule has 594 valence electrons. The number of ether oxygens (including phenoxy) is 4. The Balaban J connectivity index is 5.22. The molecule has 3 unspecified atom stereocenters. The second-order valence-electron chi connectivity index (χ2n) is 29.9. The molecule has 0 rings (SSSR count). The van der Waals surface area contributed by atoms with Crippen molar-refractivity contribution in [2.45, 2.75) is 445 Å². The minimum Gasteiger partial charge on any atom is -0.462 e. The average Bonchev–Trinajstić information content (AvgIpc) is 0.918. The van der Waals surface area contributed by atoms with Gasteiger partial charge in [-0.1, -0.05) is 375 Å². The van der Waals surface area contributed by atoms with Gasteiger partial charge in [0.25, 0.3) is 0 Å². The highest BCUT2D eigenvalue weighted by Gasteiger charge is 2.30. The highest BCUT2D eigenvalue weighted by atomic mass is 31.2. The van der Waals surface area contributed by atoms with Gasteiger partial charge < -0.3 is 33.8 Å². The molecule has 0 bridgehead atoms. The van der Waals surface area contributed by atoms with Crippen molar-refractivity contribution in [1.29, 1.82) is 0 Å². The third kappa shape index (κ3) is 73.0. The summed E-state index contributed by atoms with van der Waals surface area (Å²) in [5.74, 6) is -0.644. The van der Waals surface area contributed by atoms with Crippen LogP contribution in [0.15, 0.2) is 0 Å². The van der Waals surface area contributed by atoms with Crippen LogP contribution in [0, 0.1) is 11.8 Å². The first kappa shape index (κ1) is 98.1. The van der Waals surface area contributed by atoms with Crippen molar-refractivity contribution in [3.05, 3.63) is 0 Å². The van der Waals surface area contributed by atoms with E-state index in [1.54, 1.807) is 0 Å². The minimum atomic E-state index is -4.96. The lowest BCUT2D eigenvalue weighted by Gasteiger charge is -2.21. The van der Waals surface area contributed by atoms with Gasteiger partial charge in [-0.25, -0.2) is 9.13 Å². The molecule has 0 amide bonds. The summed E-state index contributed by atoms with van der Waals surface area (Å²) in [6.07, 6.45) is 62.6. The molecule has 0 spiro atoms.